The number of nitrogens with two attached hydrogens (primary N) is 2. The van der Waals surface area contributed by atoms with Gasteiger partial charge >= 0.3 is 0 Å². The zero-order valence-corrected chi connectivity index (χ0v) is 27.6. The lowest BCUT2D eigenvalue weighted by Gasteiger charge is -2.40. The molecule has 4 nitrogen and oxygen atoms in total. The maximum absolute atomic E-state index is 6.39. The Morgan fingerprint density at radius 2 is 0.932 bits per heavy atom. The monoisotopic (exact) mass is 588 g/mol. The van der Waals surface area contributed by atoms with E-state index in [0.717, 1.165) is 47.2 Å². The van der Waals surface area contributed by atoms with Crippen LogP contribution in [-0.2, 0) is 12.8 Å². The van der Waals surface area contributed by atoms with Gasteiger partial charge in [-0.1, -0.05) is 64.1 Å². The van der Waals surface area contributed by atoms with E-state index in [4.69, 9.17) is 20.9 Å². The second-order valence-electron chi connectivity index (χ2n) is 13.8. The van der Waals surface area contributed by atoms with E-state index < -0.39 is 0 Å². The van der Waals surface area contributed by atoms with Crippen molar-refractivity contribution in [3.05, 3.63) is 130 Å². The number of anilines is 2. The topological polar surface area (TPSA) is 70.5 Å². The quantitative estimate of drug-likeness (QED) is 0.257. The SMILES string of the molecule is CC1=CC(Cc2cccc(CC3C=C(C)C(Oc4ccc(N)cc4)=C(C)C3(C)C)c2)C(C)(C)C(C)=C1Oc1ccc(N)cc1. The first kappa shape index (κ1) is 31.3. The normalized spacial score (nSPS) is 21.1. The van der Waals surface area contributed by atoms with Crippen molar-refractivity contribution in [3.63, 3.8) is 0 Å². The van der Waals surface area contributed by atoms with E-state index >= 15 is 0 Å². The fourth-order valence-corrected chi connectivity index (χ4v) is 6.55. The van der Waals surface area contributed by atoms with Crippen molar-refractivity contribution in [3.8, 4) is 11.5 Å². The molecule has 2 aliphatic carbocycles. The van der Waals surface area contributed by atoms with Crippen molar-refractivity contribution in [1.82, 2.24) is 0 Å². The minimum absolute atomic E-state index is 0.0490. The summed E-state index contributed by atoms with van der Waals surface area (Å²) in [6.45, 7) is 18.1. The number of ether oxygens (including phenoxy) is 2. The van der Waals surface area contributed by atoms with Crippen LogP contribution in [0.5, 0.6) is 11.5 Å². The summed E-state index contributed by atoms with van der Waals surface area (Å²) in [5, 5.41) is 0. The van der Waals surface area contributed by atoms with Crippen LogP contribution in [0, 0.1) is 22.7 Å². The zero-order chi connectivity index (χ0) is 31.8. The number of benzene rings is 3. The Morgan fingerprint density at radius 1 is 0.568 bits per heavy atom. The van der Waals surface area contributed by atoms with Crippen molar-refractivity contribution in [2.75, 3.05) is 11.5 Å². The summed E-state index contributed by atoms with van der Waals surface area (Å²) in [7, 11) is 0. The highest BCUT2D eigenvalue weighted by Gasteiger charge is 2.38. The fraction of sp³-hybridized carbons (Fsp3) is 0.350. The Labute approximate surface area is 264 Å². The van der Waals surface area contributed by atoms with Crippen molar-refractivity contribution >= 4 is 11.4 Å². The lowest BCUT2D eigenvalue weighted by Crippen LogP contribution is -2.31. The van der Waals surface area contributed by atoms with Gasteiger partial charge in [0, 0.05) is 11.4 Å². The van der Waals surface area contributed by atoms with Gasteiger partial charge in [0.05, 0.1) is 0 Å². The van der Waals surface area contributed by atoms with Gasteiger partial charge in [-0.3, -0.25) is 0 Å². The number of allylic oxidation sites excluding steroid dienone is 6. The van der Waals surface area contributed by atoms with Crippen molar-refractivity contribution < 1.29 is 9.47 Å². The molecule has 5 rings (SSSR count). The first-order valence-corrected chi connectivity index (χ1v) is 15.7. The second-order valence-corrected chi connectivity index (χ2v) is 13.8. The average molecular weight is 589 g/mol. The van der Waals surface area contributed by atoms with E-state index in [2.05, 4.69) is 91.8 Å². The maximum atomic E-state index is 6.39. The molecule has 44 heavy (non-hydrogen) atoms. The molecule has 0 spiro atoms. The van der Waals surface area contributed by atoms with Gasteiger partial charge in [-0.25, -0.2) is 0 Å². The Balaban J connectivity index is 1.32. The Kier molecular flexibility index (Phi) is 8.57. The molecule has 2 atom stereocenters. The molecule has 0 aromatic heterocycles. The molecular formula is C40H48N2O2. The number of rotatable bonds is 8. The van der Waals surface area contributed by atoms with Crippen LogP contribution in [0.4, 0.5) is 11.4 Å². The Hall–Kier alpha value is -4.18. The van der Waals surface area contributed by atoms with Gasteiger partial charge in [-0.2, -0.15) is 0 Å². The minimum Gasteiger partial charge on any atom is -0.457 e. The van der Waals surface area contributed by atoms with E-state index in [-0.39, 0.29) is 10.8 Å². The molecular weight excluding hydrogens is 540 g/mol. The van der Waals surface area contributed by atoms with Gasteiger partial charge in [0.1, 0.15) is 23.0 Å². The highest BCUT2D eigenvalue weighted by Crippen LogP contribution is 2.47. The van der Waals surface area contributed by atoms with Gasteiger partial charge in [0.2, 0.25) is 0 Å². The summed E-state index contributed by atoms with van der Waals surface area (Å²) < 4.78 is 12.8. The second kappa shape index (κ2) is 12.1. The number of nitrogen functional groups attached to an aromatic ring is 2. The predicted molar refractivity (Wildman–Crippen MR) is 184 cm³/mol. The molecule has 0 saturated heterocycles. The average Bonchev–Trinajstić information content (AvgIpc) is 2.98. The first-order valence-electron chi connectivity index (χ1n) is 15.7. The van der Waals surface area contributed by atoms with Crippen LogP contribution in [0.1, 0.15) is 66.5 Å². The largest absolute Gasteiger partial charge is 0.457 e. The summed E-state index contributed by atoms with van der Waals surface area (Å²) in [6, 6.07) is 24.4. The highest BCUT2D eigenvalue weighted by molar-refractivity contribution is 5.47. The molecule has 4 heteroatoms. The Bertz CT molecular complexity index is 1530. The molecule has 0 fully saturated rings. The maximum Gasteiger partial charge on any atom is 0.129 e. The van der Waals surface area contributed by atoms with E-state index in [1.54, 1.807) is 0 Å². The van der Waals surface area contributed by atoms with Gasteiger partial charge in [-0.05, 0) is 145 Å². The van der Waals surface area contributed by atoms with Gasteiger partial charge < -0.3 is 20.9 Å². The summed E-state index contributed by atoms with van der Waals surface area (Å²) in [5.74, 6) is 4.29. The third kappa shape index (κ3) is 6.36. The molecule has 3 aromatic carbocycles. The van der Waals surface area contributed by atoms with Crippen LogP contribution in [0.25, 0.3) is 0 Å². The molecule has 0 bridgehead atoms. The summed E-state index contributed by atoms with van der Waals surface area (Å²) in [5.41, 5.74) is 20.8. The third-order valence-corrected chi connectivity index (χ3v) is 10.2. The molecule has 0 radical (unpaired) electrons. The van der Waals surface area contributed by atoms with Crippen LogP contribution in [0.3, 0.4) is 0 Å². The smallest absolute Gasteiger partial charge is 0.129 e. The summed E-state index contributed by atoms with van der Waals surface area (Å²) in [6.07, 6.45) is 6.76. The molecule has 4 N–H and O–H groups in total. The molecule has 0 aliphatic heterocycles. The van der Waals surface area contributed by atoms with Crippen LogP contribution < -0.4 is 20.9 Å². The van der Waals surface area contributed by atoms with E-state index in [1.807, 2.05) is 48.5 Å². The lowest BCUT2D eigenvalue weighted by atomic mass is 9.66. The Morgan fingerprint density at radius 3 is 1.30 bits per heavy atom. The number of hydrogen-bond acceptors (Lipinski definition) is 4. The van der Waals surface area contributed by atoms with Gasteiger partial charge in [0.25, 0.3) is 0 Å². The summed E-state index contributed by atoms with van der Waals surface area (Å²) >= 11 is 0. The van der Waals surface area contributed by atoms with Gasteiger partial charge in [-0.15, -0.1) is 0 Å². The van der Waals surface area contributed by atoms with E-state index in [1.165, 1.54) is 33.4 Å². The fourth-order valence-electron chi connectivity index (χ4n) is 6.55. The summed E-state index contributed by atoms with van der Waals surface area (Å²) in [4.78, 5) is 0. The minimum atomic E-state index is -0.0490. The molecule has 2 aliphatic rings. The third-order valence-electron chi connectivity index (χ3n) is 10.2. The first-order chi connectivity index (χ1) is 20.8. The molecule has 0 heterocycles. The van der Waals surface area contributed by atoms with Crippen molar-refractivity contribution in [2.24, 2.45) is 22.7 Å². The van der Waals surface area contributed by atoms with Crippen molar-refractivity contribution in [2.45, 2.75) is 68.2 Å². The van der Waals surface area contributed by atoms with E-state index in [0.29, 0.717) is 11.8 Å². The van der Waals surface area contributed by atoms with Crippen LogP contribution in [0.15, 0.2) is 119 Å². The zero-order valence-electron chi connectivity index (χ0n) is 27.6. The standard InChI is InChI=1S/C40H48N2O2/c1-25-20-31(39(5,6)27(3)37(25)43-35-16-12-33(41)13-17-35)23-29-10-9-11-30(22-29)24-32-21-26(2)38(28(4)40(32,7)8)44-36-18-14-34(42)15-19-36/h9-22,31-32H,23-24,41-42H2,1-8H3. The molecule has 2 unspecified atom stereocenters. The van der Waals surface area contributed by atoms with Crippen LogP contribution >= 0.6 is 0 Å². The molecule has 3 aromatic rings. The van der Waals surface area contributed by atoms with Crippen LogP contribution in [0.2, 0.25) is 0 Å². The number of hydrogen-bond donors (Lipinski definition) is 2. The molecule has 0 saturated carbocycles. The molecule has 230 valence electrons. The van der Waals surface area contributed by atoms with Crippen LogP contribution in [-0.4, -0.2) is 0 Å². The van der Waals surface area contributed by atoms with Crippen molar-refractivity contribution in [1.29, 1.82) is 0 Å². The molecule has 0 amide bonds. The lowest BCUT2D eigenvalue weighted by molar-refractivity contribution is 0.282. The highest BCUT2D eigenvalue weighted by atomic mass is 16.5. The van der Waals surface area contributed by atoms with Gasteiger partial charge in [0.15, 0.2) is 0 Å². The van der Waals surface area contributed by atoms with E-state index in [9.17, 15) is 0 Å². The predicted octanol–water partition coefficient (Wildman–Crippen LogP) is 9.85.